The van der Waals surface area contributed by atoms with Crippen LogP contribution >= 0.6 is 0 Å². The minimum Gasteiger partial charge on any atom is -0.475 e. The molecular formula is C12H16N2O2. The Morgan fingerprint density at radius 2 is 1.44 bits per heavy atom. The molecule has 16 heavy (non-hydrogen) atoms. The lowest BCUT2D eigenvalue weighted by Gasteiger charge is -2.29. The molecule has 0 bridgehead atoms. The highest BCUT2D eigenvalue weighted by molar-refractivity contribution is 5.33. The summed E-state index contributed by atoms with van der Waals surface area (Å²) >= 11 is 0. The fraction of sp³-hybridized carbons (Fsp3) is 0.500. The minimum atomic E-state index is 0.178. The number of rotatable bonds is 4. The third-order valence-electron chi connectivity index (χ3n) is 2.92. The molecule has 0 amide bonds. The molecule has 2 atom stereocenters. The van der Waals surface area contributed by atoms with Crippen LogP contribution in [0.3, 0.4) is 0 Å². The van der Waals surface area contributed by atoms with Crippen LogP contribution < -0.4 is 20.1 Å². The molecule has 4 heteroatoms. The van der Waals surface area contributed by atoms with E-state index in [9.17, 15) is 0 Å². The molecule has 2 aliphatic heterocycles. The summed E-state index contributed by atoms with van der Waals surface area (Å²) in [6, 6.07) is 7.82. The third kappa shape index (κ3) is 2.13. The Labute approximate surface area is 94.9 Å². The highest BCUT2D eigenvalue weighted by Gasteiger charge is 2.19. The average molecular weight is 220 g/mol. The van der Waals surface area contributed by atoms with E-state index in [0.717, 1.165) is 37.4 Å². The first-order valence-electron chi connectivity index (χ1n) is 5.80. The first-order chi connectivity index (χ1) is 7.90. The third-order valence-corrected chi connectivity index (χ3v) is 2.92. The molecule has 86 valence electrons. The van der Waals surface area contributed by atoms with Crippen molar-refractivity contribution in [2.24, 2.45) is 0 Å². The van der Waals surface area contributed by atoms with Gasteiger partial charge in [-0.15, -0.1) is 0 Å². The molecule has 4 nitrogen and oxygen atoms in total. The Hall–Kier alpha value is -1.26. The van der Waals surface area contributed by atoms with E-state index in [-0.39, 0.29) is 12.5 Å². The van der Waals surface area contributed by atoms with E-state index in [0.29, 0.717) is 0 Å². The summed E-state index contributed by atoms with van der Waals surface area (Å²) in [6.45, 7) is 2.10. The van der Waals surface area contributed by atoms with Gasteiger partial charge in [-0.1, -0.05) is 6.07 Å². The monoisotopic (exact) mass is 220 g/mol. The summed E-state index contributed by atoms with van der Waals surface area (Å²) in [5.41, 5.74) is 0. The van der Waals surface area contributed by atoms with E-state index in [1.807, 2.05) is 24.3 Å². The largest absolute Gasteiger partial charge is 0.475 e. The quantitative estimate of drug-likeness (QED) is 0.797. The van der Waals surface area contributed by atoms with Crippen molar-refractivity contribution < 1.29 is 9.47 Å². The molecule has 0 radical (unpaired) electrons. The summed E-state index contributed by atoms with van der Waals surface area (Å²) in [7, 11) is 0. The number of ether oxygens (including phenoxy) is 2. The topological polar surface area (TPSA) is 42.5 Å². The van der Waals surface area contributed by atoms with Gasteiger partial charge in [-0.05, 0) is 12.1 Å². The van der Waals surface area contributed by atoms with Crippen LogP contribution in [0.4, 0.5) is 0 Å². The second-order valence-electron chi connectivity index (χ2n) is 4.17. The van der Waals surface area contributed by atoms with Gasteiger partial charge in [0.1, 0.15) is 11.5 Å². The maximum atomic E-state index is 5.71. The molecule has 2 fully saturated rings. The zero-order chi connectivity index (χ0) is 10.8. The summed E-state index contributed by atoms with van der Waals surface area (Å²) in [5.74, 6) is 1.74. The van der Waals surface area contributed by atoms with Crippen molar-refractivity contribution in [1.29, 1.82) is 0 Å². The lowest BCUT2D eigenvalue weighted by Crippen LogP contribution is -2.47. The molecule has 0 aliphatic carbocycles. The van der Waals surface area contributed by atoms with E-state index < -0.39 is 0 Å². The van der Waals surface area contributed by atoms with Crippen molar-refractivity contribution in [2.45, 2.75) is 25.3 Å². The van der Waals surface area contributed by atoms with Crippen LogP contribution in [-0.2, 0) is 0 Å². The van der Waals surface area contributed by atoms with Crippen LogP contribution in [0, 0.1) is 0 Å². The van der Waals surface area contributed by atoms with Crippen LogP contribution in [0.25, 0.3) is 0 Å². The van der Waals surface area contributed by atoms with Crippen LogP contribution in [0.1, 0.15) is 12.8 Å². The Morgan fingerprint density at radius 1 is 0.938 bits per heavy atom. The van der Waals surface area contributed by atoms with Crippen LogP contribution in [-0.4, -0.2) is 25.5 Å². The standard InChI is InChI=1S/C12H16N2O2/c1-2-9(15-11-4-6-13-11)8-10(3-1)16-12-5-7-14-12/h1-3,8,11-14H,4-7H2. The normalized spacial score (nSPS) is 27.8. The van der Waals surface area contributed by atoms with Gasteiger partial charge < -0.3 is 9.47 Å². The van der Waals surface area contributed by atoms with E-state index >= 15 is 0 Å². The Morgan fingerprint density at radius 3 is 1.81 bits per heavy atom. The van der Waals surface area contributed by atoms with Gasteiger partial charge >= 0.3 is 0 Å². The molecule has 1 aromatic carbocycles. The molecule has 2 N–H and O–H groups in total. The zero-order valence-electron chi connectivity index (χ0n) is 9.11. The van der Waals surface area contributed by atoms with Crippen LogP contribution in [0.5, 0.6) is 11.5 Å². The molecule has 2 aliphatic rings. The second kappa shape index (κ2) is 4.31. The maximum absolute atomic E-state index is 5.71. The SMILES string of the molecule is c1cc(OC2CCN2)cc(OC2CCN2)c1. The zero-order valence-corrected chi connectivity index (χ0v) is 9.11. The molecule has 3 rings (SSSR count). The molecule has 2 saturated heterocycles. The van der Waals surface area contributed by atoms with Gasteiger partial charge in [-0.3, -0.25) is 10.6 Å². The first-order valence-corrected chi connectivity index (χ1v) is 5.80. The van der Waals surface area contributed by atoms with Gasteiger partial charge in [0.05, 0.1) is 0 Å². The van der Waals surface area contributed by atoms with Gasteiger partial charge in [0.15, 0.2) is 12.5 Å². The predicted octanol–water partition coefficient (Wildman–Crippen LogP) is 1.08. The summed E-state index contributed by atoms with van der Waals surface area (Å²) < 4.78 is 11.4. The number of benzene rings is 1. The first kappa shape index (κ1) is 9.93. The Balaban J connectivity index is 1.61. The van der Waals surface area contributed by atoms with Crippen LogP contribution in [0.2, 0.25) is 0 Å². The molecule has 0 spiro atoms. The molecule has 0 saturated carbocycles. The van der Waals surface area contributed by atoms with Gasteiger partial charge in [-0.2, -0.15) is 0 Å². The Kier molecular flexibility index (Phi) is 2.68. The van der Waals surface area contributed by atoms with Gasteiger partial charge in [0.25, 0.3) is 0 Å². The van der Waals surface area contributed by atoms with Crippen LogP contribution in [0.15, 0.2) is 24.3 Å². The van der Waals surface area contributed by atoms with Gasteiger partial charge in [0.2, 0.25) is 0 Å². The fourth-order valence-corrected chi connectivity index (χ4v) is 1.67. The minimum absolute atomic E-state index is 0.178. The highest BCUT2D eigenvalue weighted by atomic mass is 16.5. The van der Waals surface area contributed by atoms with Gasteiger partial charge in [0, 0.05) is 32.0 Å². The van der Waals surface area contributed by atoms with Crippen molar-refractivity contribution in [2.75, 3.05) is 13.1 Å². The predicted molar refractivity (Wildman–Crippen MR) is 60.5 cm³/mol. The summed E-state index contributed by atoms with van der Waals surface area (Å²) in [6.07, 6.45) is 2.51. The molecule has 2 heterocycles. The van der Waals surface area contributed by atoms with E-state index in [1.54, 1.807) is 0 Å². The number of hydrogen-bond acceptors (Lipinski definition) is 4. The molecule has 2 unspecified atom stereocenters. The summed E-state index contributed by atoms with van der Waals surface area (Å²) in [4.78, 5) is 0. The van der Waals surface area contributed by atoms with Crippen molar-refractivity contribution in [3.63, 3.8) is 0 Å². The number of hydrogen-bond donors (Lipinski definition) is 2. The van der Waals surface area contributed by atoms with Crippen molar-refractivity contribution in [3.05, 3.63) is 24.3 Å². The smallest absolute Gasteiger partial charge is 0.151 e. The fourth-order valence-electron chi connectivity index (χ4n) is 1.67. The van der Waals surface area contributed by atoms with E-state index in [4.69, 9.17) is 9.47 Å². The second-order valence-corrected chi connectivity index (χ2v) is 4.17. The van der Waals surface area contributed by atoms with Gasteiger partial charge in [-0.25, -0.2) is 0 Å². The summed E-state index contributed by atoms with van der Waals surface area (Å²) in [5, 5.41) is 6.40. The lowest BCUT2D eigenvalue weighted by molar-refractivity contribution is 0.0909. The van der Waals surface area contributed by atoms with E-state index in [1.165, 1.54) is 0 Å². The molecule has 0 aromatic heterocycles. The van der Waals surface area contributed by atoms with Crippen molar-refractivity contribution in [1.82, 2.24) is 10.6 Å². The maximum Gasteiger partial charge on any atom is 0.151 e. The molecule has 1 aromatic rings. The van der Waals surface area contributed by atoms with Crippen molar-refractivity contribution in [3.8, 4) is 11.5 Å². The highest BCUT2D eigenvalue weighted by Crippen LogP contribution is 2.23. The van der Waals surface area contributed by atoms with Crippen molar-refractivity contribution >= 4 is 0 Å². The average Bonchev–Trinajstić information content (AvgIpc) is 2.18. The van der Waals surface area contributed by atoms with E-state index in [2.05, 4.69) is 10.6 Å². The number of nitrogens with one attached hydrogen (secondary N) is 2. The Bertz CT molecular complexity index is 331. The lowest BCUT2D eigenvalue weighted by atomic mass is 10.2. The molecular weight excluding hydrogens is 204 g/mol.